The molecule has 0 saturated carbocycles. The number of carbonyl (C=O) groups excluding carboxylic acids is 1. The number of nitrogens with zero attached hydrogens (tertiary/aromatic N) is 1. The fraction of sp³-hybridized carbons (Fsp3) is 0.350. The largest absolute Gasteiger partial charge is 0.416 e. The lowest BCUT2D eigenvalue weighted by atomic mass is 10.0. The molecule has 2 aromatic carbocycles. The summed E-state index contributed by atoms with van der Waals surface area (Å²) < 4.78 is 63.8. The summed E-state index contributed by atoms with van der Waals surface area (Å²) in [6.07, 6.45) is -3.79. The molecule has 0 aliphatic heterocycles. The van der Waals surface area contributed by atoms with Crippen LogP contribution >= 0.6 is 0 Å². The van der Waals surface area contributed by atoms with Crippen LogP contribution in [0.3, 0.4) is 0 Å². The van der Waals surface area contributed by atoms with E-state index in [4.69, 9.17) is 0 Å². The number of rotatable bonds is 6. The summed E-state index contributed by atoms with van der Waals surface area (Å²) in [7, 11) is -3.98. The normalized spacial score (nSPS) is 13.1. The number of benzene rings is 2. The number of carbonyl (C=O) groups is 1. The summed E-state index contributed by atoms with van der Waals surface area (Å²) in [5.41, 5.74) is 1.76. The van der Waals surface area contributed by atoms with Crippen molar-refractivity contribution in [3.8, 4) is 0 Å². The van der Waals surface area contributed by atoms with Gasteiger partial charge >= 0.3 is 6.18 Å². The molecule has 1 N–H and O–H groups in total. The number of aryl methyl sites for hydroxylation is 2. The molecule has 0 fully saturated rings. The van der Waals surface area contributed by atoms with Gasteiger partial charge in [0.25, 0.3) is 0 Å². The van der Waals surface area contributed by atoms with Crippen molar-refractivity contribution in [2.75, 3.05) is 17.1 Å². The van der Waals surface area contributed by atoms with Crippen LogP contribution < -0.4 is 9.62 Å². The summed E-state index contributed by atoms with van der Waals surface area (Å²) in [4.78, 5) is 12.5. The van der Waals surface area contributed by atoms with Crippen molar-refractivity contribution in [2.24, 2.45) is 0 Å². The molecule has 1 atom stereocenters. The standard InChI is InChI=1S/C20H23F3N2O3S/c1-13-8-9-16(10-14(13)2)15(3)24-19(26)12-25(29(4,27)28)18-7-5-6-17(11-18)20(21,22)23/h5-11,15H,12H2,1-4H3,(H,24,26). The Morgan fingerprint density at radius 3 is 2.31 bits per heavy atom. The molecule has 29 heavy (non-hydrogen) atoms. The maximum atomic E-state index is 13.0. The van der Waals surface area contributed by atoms with Gasteiger partial charge in [-0.3, -0.25) is 9.10 Å². The van der Waals surface area contributed by atoms with Gasteiger partial charge in [-0.2, -0.15) is 13.2 Å². The molecule has 2 rings (SSSR count). The average Bonchev–Trinajstić information content (AvgIpc) is 2.60. The van der Waals surface area contributed by atoms with E-state index >= 15 is 0 Å². The first kappa shape index (κ1) is 22.7. The number of hydrogen-bond donors (Lipinski definition) is 1. The highest BCUT2D eigenvalue weighted by atomic mass is 32.2. The molecular formula is C20H23F3N2O3S. The Bertz CT molecular complexity index is 1000. The van der Waals surface area contributed by atoms with E-state index < -0.39 is 40.3 Å². The Labute approximate surface area is 168 Å². The Morgan fingerprint density at radius 1 is 1.10 bits per heavy atom. The van der Waals surface area contributed by atoms with Crippen LogP contribution in [0.1, 0.15) is 35.2 Å². The van der Waals surface area contributed by atoms with Crippen LogP contribution in [0.5, 0.6) is 0 Å². The van der Waals surface area contributed by atoms with Crippen molar-refractivity contribution in [1.29, 1.82) is 0 Å². The quantitative estimate of drug-likeness (QED) is 0.757. The third-order valence-corrected chi connectivity index (χ3v) is 5.70. The SMILES string of the molecule is Cc1ccc(C(C)NC(=O)CN(c2cccc(C(F)(F)F)c2)S(C)(=O)=O)cc1C. The number of alkyl halides is 3. The zero-order chi connectivity index (χ0) is 22.0. The van der Waals surface area contributed by atoms with Crippen molar-refractivity contribution in [2.45, 2.75) is 33.0 Å². The van der Waals surface area contributed by atoms with E-state index in [1.807, 2.05) is 32.0 Å². The highest BCUT2D eigenvalue weighted by Gasteiger charge is 2.32. The summed E-state index contributed by atoms with van der Waals surface area (Å²) in [6, 6.07) is 9.16. The van der Waals surface area contributed by atoms with Gasteiger partial charge in [0.2, 0.25) is 15.9 Å². The molecule has 5 nitrogen and oxygen atoms in total. The maximum absolute atomic E-state index is 13.0. The van der Waals surface area contributed by atoms with Gasteiger partial charge in [0.05, 0.1) is 23.5 Å². The Morgan fingerprint density at radius 2 is 1.76 bits per heavy atom. The summed E-state index contributed by atoms with van der Waals surface area (Å²) in [5.74, 6) is -0.626. The van der Waals surface area contributed by atoms with E-state index in [1.165, 1.54) is 6.07 Å². The molecule has 1 unspecified atom stereocenters. The van der Waals surface area contributed by atoms with E-state index in [0.717, 1.165) is 35.1 Å². The molecule has 2 aromatic rings. The zero-order valence-electron chi connectivity index (χ0n) is 16.5. The molecule has 1 amide bonds. The van der Waals surface area contributed by atoms with Crippen LogP contribution in [-0.2, 0) is 21.0 Å². The molecule has 0 radical (unpaired) electrons. The molecule has 0 aliphatic rings. The van der Waals surface area contributed by atoms with Crippen LogP contribution in [-0.4, -0.2) is 27.1 Å². The monoisotopic (exact) mass is 428 g/mol. The highest BCUT2D eigenvalue weighted by molar-refractivity contribution is 7.92. The topological polar surface area (TPSA) is 66.5 Å². The lowest BCUT2D eigenvalue weighted by Gasteiger charge is -2.24. The van der Waals surface area contributed by atoms with Gasteiger partial charge in [-0.1, -0.05) is 24.3 Å². The van der Waals surface area contributed by atoms with E-state index in [-0.39, 0.29) is 5.69 Å². The minimum atomic E-state index is -4.63. The van der Waals surface area contributed by atoms with Crippen LogP contribution in [0.25, 0.3) is 0 Å². The zero-order valence-corrected chi connectivity index (χ0v) is 17.4. The molecule has 9 heteroatoms. The second-order valence-electron chi connectivity index (χ2n) is 6.95. The van der Waals surface area contributed by atoms with Gasteiger partial charge in [-0.25, -0.2) is 8.42 Å². The molecule has 0 aromatic heterocycles. The van der Waals surface area contributed by atoms with Crippen molar-refractivity contribution in [3.05, 3.63) is 64.7 Å². The third-order valence-electron chi connectivity index (χ3n) is 4.56. The fourth-order valence-electron chi connectivity index (χ4n) is 2.77. The van der Waals surface area contributed by atoms with Crippen LogP contribution in [0, 0.1) is 13.8 Å². The first-order valence-corrected chi connectivity index (χ1v) is 10.7. The number of hydrogen-bond acceptors (Lipinski definition) is 3. The second-order valence-corrected chi connectivity index (χ2v) is 8.86. The number of amides is 1. The van der Waals surface area contributed by atoms with Gasteiger partial charge in [0.15, 0.2) is 0 Å². The van der Waals surface area contributed by atoms with Crippen molar-refractivity contribution in [3.63, 3.8) is 0 Å². The summed E-state index contributed by atoms with van der Waals surface area (Å²) in [5, 5.41) is 2.69. The number of nitrogens with one attached hydrogen (secondary N) is 1. The molecular weight excluding hydrogens is 405 g/mol. The maximum Gasteiger partial charge on any atom is 0.416 e. The van der Waals surface area contributed by atoms with Gasteiger partial charge in [-0.15, -0.1) is 0 Å². The average molecular weight is 428 g/mol. The van der Waals surface area contributed by atoms with Crippen molar-refractivity contribution < 1.29 is 26.4 Å². The van der Waals surface area contributed by atoms with E-state index in [2.05, 4.69) is 5.32 Å². The molecule has 158 valence electrons. The van der Waals surface area contributed by atoms with Crippen molar-refractivity contribution in [1.82, 2.24) is 5.32 Å². The van der Waals surface area contributed by atoms with E-state index in [0.29, 0.717) is 10.4 Å². The van der Waals surface area contributed by atoms with E-state index in [1.54, 1.807) is 6.92 Å². The number of halogens is 3. The molecule has 0 aliphatic carbocycles. The minimum absolute atomic E-state index is 0.226. The smallest absolute Gasteiger partial charge is 0.348 e. The van der Waals surface area contributed by atoms with Crippen LogP contribution in [0.2, 0.25) is 0 Å². The lowest BCUT2D eigenvalue weighted by molar-refractivity contribution is -0.137. The lowest BCUT2D eigenvalue weighted by Crippen LogP contribution is -2.41. The van der Waals surface area contributed by atoms with Crippen LogP contribution in [0.15, 0.2) is 42.5 Å². The Hall–Kier alpha value is -2.55. The summed E-state index contributed by atoms with van der Waals surface area (Å²) >= 11 is 0. The van der Waals surface area contributed by atoms with Gasteiger partial charge in [0, 0.05) is 0 Å². The third kappa shape index (κ3) is 5.96. The molecule has 0 heterocycles. The Kier molecular flexibility index (Phi) is 6.62. The minimum Gasteiger partial charge on any atom is -0.348 e. The molecule has 0 bridgehead atoms. The predicted octanol–water partition coefficient (Wildman–Crippen LogP) is 3.97. The molecule has 0 spiro atoms. The number of anilines is 1. The van der Waals surface area contributed by atoms with Gasteiger partial charge in [-0.05, 0) is 55.7 Å². The molecule has 0 saturated heterocycles. The Balaban J connectivity index is 2.23. The van der Waals surface area contributed by atoms with Gasteiger partial charge in [0.1, 0.15) is 6.54 Å². The van der Waals surface area contributed by atoms with Crippen molar-refractivity contribution >= 4 is 21.6 Å². The second kappa shape index (κ2) is 8.44. The van der Waals surface area contributed by atoms with Gasteiger partial charge < -0.3 is 5.32 Å². The first-order valence-electron chi connectivity index (χ1n) is 8.80. The van der Waals surface area contributed by atoms with E-state index in [9.17, 15) is 26.4 Å². The van der Waals surface area contributed by atoms with Crippen LogP contribution in [0.4, 0.5) is 18.9 Å². The number of sulfonamides is 1. The fourth-order valence-corrected chi connectivity index (χ4v) is 3.62. The summed E-state index contributed by atoms with van der Waals surface area (Å²) in [6.45, 7) is 5.01. The first-order chi connectivity index (χ1) is 13.3. The predicted molar refractivity (Wildman–Crippen MR) is 106 cm³/mol. The highest BCUT2D eigenvalue weighted by Crippen LogP contribution is 2.32.